The summed E-state index contributed by atoms with van der Waals surface area (Å²) in [4.78, 5) is 38.1. The van der Waals surface area contributed by atoms with Crippen LogP contribution in [0.4, 0.5) is 0 Å². The number of unbranched alkanes of at least 4 members (excludes halogenated alkanes) is 37. The minimum Gasteiger partial charge on any atom is -0.462 e. The maximum absolute atomic E-state index is 12.8. The number of allylic oxidation sites excluding steroid dienone is 6. The van der Waals surface area contributed by atoms with Gasteiger partial charge in [-0.15, -0.1) is 0 Å². The zero-order chi connectivity index (χ0) is 48.6. The normalized spacial score (nSPS) is 12.2. The van der Waals surface area contributed by atoms with Crippen LogP contribution in [0, 0.1) is 0 Å². The summed E-state index contributed by atoms with van der Waals surface area (Å²) in [7, 11) is 0. The molecule has 0 radical (unpaired) electrons. The van der Waals surface area contributed by atoms with Crippen molar-refractivity contribution in [3.05, 3.63) is 36.5 Å². The average Bonchev–Trinajstić information content (AvgIpc) is 3.33. The van der Waals surface area contributed by atoms with Crippen LogP contribution in [0.15, 0.2) is 36.5 Å². The van der Waals surface area contributed by atoms with Crippen LogP contribution >= 0.6 is 0 Å². The molecule has 0 aliphatic heterocycles. The highest BCUT2D eigenvalue weighted by atomic mass is 16.6. The predicted octanol–water partition coefficient (Wildman–Crippen LogP) is 19.7. The molecule has 0 bridgehead atoms. The standard InChI is InChI=1S/C61H112O6/c1-4-7-10-13-16-19-22-25-27-28-29-30-31-32-34-36-39-42-45-48-51-54-60(63)66-57-58(56-65-59(62)53-50-47-44-41-38-35-24-21-18-15-12-9-6-3)67-61(64)55-52-49-46-43-40-37-33-26-23-20-17-14-11-8-5-2/h12,15,21,24,28-29,58H,4-11,13-14,16-20,22-23,25-27,30-57H2,1-3H3/b15-12-,24-21-,29-28-. The van der Waals surface area contributed by atoms with Crippen molar-refractivity contribution >= 4 is 17.9 Å². The smallest absolute Gasteiger partial charge is 0.306 e. The van der Waals surface area contributed by atoms with Gasteiger partial charge in [0.25, 0.3) is 0 Å². The van der Waals surface area contributed by atoms with Crippen molar-refractivity contribution in [2.75, 3.05) is 13.2 Å². The fourth-order valence-electron chi connectivity index (χ4n) is 8.65. The van der Waals surface area contributed by atoms with Gasteiger partial charge in [-0.3, -0.25) is 14.4 Å². The Hall–Kier alpha value is -2.37. The molecule has 0 rings (SSSR count). The molecule has 0 N–H and O–H groups in total. The highest BCUT2D eigenvalue weighted by Gasteiger charge is 2.19. The van der Waals surface area contributed by atoms with Crippen LogP contribution in [0.1, 0.15) is 316 Å². The van der Waals surface area contributed by atoms with E-state index in [2.05, 4.69) is 57.2 Å². The minimum absolute atomic E-state index is 0.0742. The molecular weight excluding hydrogens is 829 g/mol. The summed E-state index contributed by atoms with van der Waals surface area (Å²) < 4.78 is 16.9. The Kier molecular flexibility index (Phi) is 54.2. The van der Waals surface area contributed by atoms with Gasteiger partial charge in [0.15, 0.2) is 6.10 Å². The van der Waals surface area contributed by atoms with Crippen LogP contribution in [0.3, 0.4) is 0 Å². The fraction of sp³-hybridized carbons (Fsp3) is 0.852. The first-order valence-corrected chi connectivity index (χ1v) is 29.5. The first-order chi connectivity index (χ1) is 33.0. The number of hydrogen-bond acceptors (Lipinski definition) is 6. The number of hydrogen-bond donors (Lipinski definition) is 0. The molecule has 0 spiro atoms. The summed E-state index contributed by atoms with van der Waals surface area (Å²) in [6.45, 7) is 6.60. The van der Waals surface area contributed by atoms with Crippen LogP contribution in [-0.2, 0) is 28.6 Å². The van der Waals surface area contributed by atoms with Gasteiger partial charge in [-0.1, -0.05) is 263 Å². The Bertz CT molecular complexity index is 1130. The Balaban J connectivity index is 4.30. The van der Waals surface area contributed by atoms with Gasteiger partial charge in [-0.2, -0.15) is 0 Å². The Morgan fingerprint density at radius 2 is 0.567 bits per heavy atom. The summed E-state index contributed by atoms with van der Waals surface area (Å²) in [6, 6.07) is 0. The second-order valence-corrected chi connectivity index (χ2v) is 19.9. The SMILES string of the molecule is CCC/C=C\C/C=C\CCCCCCCC(=O)OCC(COC(=O)CCCCCCCCCCC/C=C\CCCCCCCCCC)OC(=O)CCCCCCCCCCCCCCCCC. The van der Waals surface area contributed by atoms with Crippen molar-refractivity contribution in [1.29, 1.82) is 0 Å². The molecule has 0 saturated heterocycles. The lowest BCUT2D eigenvalue weighted by molar-refractivity contribution is -0.167. The Morgan fingerprint density at radius 3 is 0.896 bits per heavy atom. The zero-order valence-corrected chi connectivity index (χ0v) is 44.9. The van der Waals surface area contributed by atoms with Crippen LogP contribution in [-0.4, -0.2) is 37.2 Å². The molecule has 0 aliphatic carbocycles. The number of ether oxygens (including phenoxy) is 3. The van der Waals surface area contributed by atoms with E-state index in [9.17, 15) is 14.4 Å². The summed E-state index contributed by atoms with van der Waals surface area (Å²) >= 11 is 0. The van der Waals surface area contributed by atoms with E-state index in [1.54, 1.807) is 0 Å². The number of esters is 3. The molecule has 67 heavy (non-hydrogen) atoms. The third kappa shape index (κ3) is 54.4. The van der Waals surface area contributed by atoms with Gasteiger partial charge >= 0.3 is 17.9 Å². The molecule has 0 aromatic carbocycles. The maximum atomic E-state index is 12.8. The van der Waals surface area contributed by atoms with Gasteiger partial charge in [0, 0.05) is 19.3 Å². The van der Waals surface area contributed by atoms with Crippen molar-refractivity contribution < 1.29 is 28.6 Å². The molecule has 1 unspecified atom stereocenters. The van der Waals surface area contributed by atoms with Crippen molar-refractivity contribution in [2.45, 2.75) is 322 Å². The highest BCUT2D eigenvalue weighted by Crippen LogP contribution is 2.17. The molecule has 0 heterocycles. The highest BCUT2D eigenvalue weighted by molar-refractivity contribution is 5.71. The van der Waals surface area contributed by atoms with Crippen molar-refractivity contribution in [3.63, 3.8) is 0 Å². The van der Waals surface area contributed by atoms with Gasteiger partial charge in [-0.05, 0) is 70.6 Å². The van der Waals surface area contributed by atoms with Gasteiger partial charge in [0.1, 0.15) is 13.2 Å². The van der Waals surface area contributed by atoms with E-state index in [-0.39, 0.29) is 31.1 Å². The molecule has 0 aromatic heterocycles. The van der Waals surface area contributed by atoms with E-state index >= 15 is 0 Å². The maximum Gasteiger partial charge on any atom is 0.306 e. The van der Waals surface area contributed by atoms with Gasteiger partial charge in [0.05, 0.1) is 0 Å². The Morgan fingerprint density at radius 1 is 0.299 bits per heavy atom. The van der Waals surface area contributed by atoms with E-state index in [0.717, 1.165) is 83.5 Å². The minimum atomic E-state index is -0.775. The Labute approximate surface area is 416 Å². The molecule has 6 heteroatoms. The lowest BCUT2D eigenvalue weighted by atomic mass is 10.0. The monoisotopic (exact) mass is 941 g/mol. The molecule has 6 nitrogen and oxygen atoms in total. The summed E-state index contributed by atoms with van der Waals surface area (Å²) in [6.07, 6.45) is 67.1. The average molecular weight is 942 g/mol. The summed E-state index contributed by atoms with van der Waals surface area (Å²) in [5.74, 6) is -0.873. The molecule has 0 saturated carbocycles. The number of carbonyl (C=O) groups is 3. The van der Waals surface area contributed by atoms with Crippen LogP contribution in [0.25, 0.3) is 0 Å². The molecular formula is C61H112O6. The number of rotatable bonds is 54. The van der Waals surface area contributed by atoms with Gasteiger partial charge < -0.3 is 14.2 Å². The molecule has 0 aromatic rings. The fourth-order valence-corrected chi connectivity index (χ4v) is 8.65. The summed E-state index contributed by atoms with van der Waals surface area (Å²) in [5, 5.41) is 0. The molecule has 0 amide bonds. The van der Waals surface area contributed by atoms with Gasteiger partial charge in [0.2, 0.25) is 0 Å². The first-order valence-electron chi connectivity index (χ1n) is 29.5. The zero-order valence-electron chi connectivity index (χ0n) is 44.9. The molecule has 1 atom stereocenters. The molecule has 392 valence electrons. The van der Waals surface area contributed by atoms with Crippen molar-refractivity contribution in [3.8, 4) is 0 Å². The van der Waals surface area contributed by atoms with E-state index in [0.29, 0.717) is 19.3 Å². The van der Waals surface area contributed by atoms with Crippen molar-refractivity contribution in [2.24, 2.45) is 0 Å². The lowest BCUT2D eigenvalue weighted by Crippen LogP contribution is -2.30. The second-order valence-electron chi connectivity index (χ2n) is 19.9. The largest absolute Gasteiger partial charge is 0.462 e. The van der Waals surface area contributed by atoms with E-state index in [1.807, 2.05) is 0 Å². The quantitative estimate of drug-likeness (QED) is 0.0262. The van der Waals surface area contributed by atoms with Crippen LogP contribution < -0.4 is 0 Å². The predicted molar refractivity (Wildman–Crippen MR) is 289 cm³/mol. The first kappa shape index (κ1) is 64.6. The third-order valence-electron chi connectivity index (χ3n) is 13.1. The molecule has 0 aliphatic rings. The lowest BCUT2D eigenvalue weighted by Gasteiger charge is -2.18. The van der Waals surface area contributed by atoms with E-state index in [4.69, 9.17) is 14.2 Å². The molecule has 0 fully saturated rings. The van der Waals surface area contributed by atoms with Gasteiger partial charge in [-0.25, -0.2) is 0 Å². The topological polar surface area (TPSA) is 78.9 Å². The van der Waals surface area contributed by atoms with Crippen molar-refractivity contribution in [1.82, 2.24) is 0 Å². The van der Waals surface area contributed by atoms with E-state index < -0.39 is 6.10 Å². The van der Waals surface area contributed by atoms with Crippen LogP contribution in [0.2, 0.25) is 0 Å². The van der Waals surface area contributed by atoms with E-state index in [1.165, 1.54) is 193 Å². The third-order valence-corrected chi connectivity index (χ3v) is 13.1. The second kappa shape index (κ2) is 56.2. The summed E-state index contributed by atoms with van der Waals surface area (Å²) in [5.41, 5.74) is 0. The van der Waals surface area contributed by atoms with Crippen LogP contribution in [0.5, 0.6) is 0 Å². The number of carbonyl (C=O) groups excluding carboxylic acids is 3.